The number of nitrogens with one attached hydrogen (secondary N) is 1. The zero-order valence-corrected chi connectivity index (χ0v) is 11.2. The first kappa shape index (κ1) is 12.2. The summed E-state index contributed by atoms with van der Waals surface area (Å²) in [5, 5.41) is 6.06. The molecule has 0 saturated carbocycles. The van der Waals surface area contributed by atoms with Gasteiger partial charge in [-0.05, 0) is 25.0 Å². The van der Waals surface area contributed by atoms with Gasteiger partial charge in [-0.15, -0.1) is 11.3 Å². The van der Waals surface area contributed by atoms with Crippen LogP contribution in [-0.4, -0.2) is 30.0 Å². The lowest BCUT2D eigenvalue weighted by molar-refractivity contribution is 0.0903. The van der Waals surface area contributed by atoms with Crippen LogP contribution in [0, 0.1) is 0 Å². The SMILES string of the molecule is O=C(NC1CCN(c2nccs2)CC1)c1ccco1. The Morgan fingerprint density at radius 1 is 1.47 bits per heavy atom. The van der Waals surface area contributed by atoms with E-state index in [1.54, 1.807) is 23.5 Å². The maximum absolute atomic E-state index is 11.9. The number of anilines is 1. The summed E-state index contributed by atoms with van der Waals surface area (Å²) >= 11 is 1.66. The van der Waals surface area contributed by atoms with Gasteiger partial charge in [0.05, 0.1) is 6.26 Å². The van der Waals surface area contributed by atoms with E-state index in [0.717, 1.165) is 31.1 Å². The van der Waals surface area contributed by atoms with Gasteiger partial charge in [-0.3, -0.25) is 4.79 Å². The Morgan fingerprint density at radius 2 is 2.32 bits per heavy atom. The predicted molar refractivity (Wildman–Crippen MR) is 73.5 cm³/mol. The van der Waals surface area contributed by atoms with Crippen LogP contribution < -0.4 is 10.2 Å². The van der Waals surface area contributed by atoms with E-state index in [9.17, 15) is 4.79 Å². The van der Waals surface area contributed by atoms with E-state index in [1.807, 2.05) is 11.6 Å². The lowest BCUT2D eigenvalue weighted by atomic mass is 10.1. The average Bonchev–Trinajstić information content (AvgIpc) is 3.13. The number of nitrogens with zero attached hydrogens (tertiary/aromatic N) is 2. The fourth-order valence-corrected chi connectivity index (χ4v) is 2.95. The van der Waals surface area contributed by atoms with Crippen molar-refractivity contribution >= 4 is 22.4 Å². The molecule has 6 heteroatoms. The summed E-state index contributed by atoms with van der Waals surface area (Å²) in [6.45, 7) is 1.85. The standard InChI is InChI=1S/C13H15N3O2S/c17-12(11-2-1-8-18-11)15-10-3-6-16(7-4-10)13-14-5-9-19-13/h1-2,5,8-10H,3-4,6-7H2,(H,15,17). The van der Waals surface area contributed by atoms with Crippen molar-refractivity contribution in [2.75, 3.05) is 18.0 Å². The second-order valence-corrected chi connectivity index (χ2v) is 5.40. The van der Waals surface area contributed by atoms with Crippen molar-refractivity contribution in [2.45, 2.75) is 18.9 Å². The summed E-state index contributed by atoms with van der Waals surface area (Å²) in [6.07, 6.45) is 5.21. The third kappa shape index (κ3) is 2.78. The lowest BCUT2D eigenvalue weighted by Gasteiger charge is -2.31. The number of carbonyl (C=O) groups is 1. The summed E-state index contributed by atoms with van der Waals surface area (Å²) in [7, 11) is 0. The van der Waals surface area contributed by atoms with Crippen molar-refractivity contribution in [2.24, 2.45) is 0 Å². The van der Waals surface area contributed by atoms with E-state index >= 15 is 0 Å². The van der Waals surface area contributed by atoms with E-state index in [2.05, 4.69) is 15.2 Å². The fourth-order valence-electron chi connectivity index (χ4n) is 2.25. The summed E-state index contributed by atoms with van der Waals surface area (Å²) in [4.78, 5) is 18.4. The number of rotatable bonds is 3. The summed E-state index contributed by atoms with van der Waals surface area (Å²) in [6, 6.07) is 3.62. The number of hydrogen-bond donors (Lipinski definition) is 1. The molecule has 2 aromatic rings. The van der Waals surface area contributed by atoms with Gasteiger partial charge < -0.3 is 14.6 Å². The monoisotopic (exact) mass is 277 g/mol. The van der Waals surface area contributed by atoms with E-state index < -0.39 is 0 Å². The highest BCUT2D eigenvalue weighted by Gasteiger charge is 2.22. The van der Waals surface area contributed by atoms with E-state index in [1.165, 1.54) is 6.26 Å². The Kier molecular flexibility index (Phi) is 3.50. The minimum atomic E-state index is -0.127. The Labute approximate surface area is 115 Å². The molecule has 1 fully saturated rings. The second kappa shape index (κ2) is 5.44. The number of carbonyl (C=O) groups excluding carboxylic acids is 1. The molecule has 1 saturated heterocycles. The minimum absolute atomic E-state index is 0.127. The van der Waals surface area contributed by atoms with Crippen molar-refractivity contribution in [3.63, 3.8) is 0 Å². The zero-order chi connectivity index (χ0) is 13.1. The molecule has 5 nitrogen and oxygen atoms in total. The third-order valence-corrected chi connectivity index (χ3v) is 4.10. The number of thiazole rings is 1. The maximum atomic E-state index is 11.9. The molecule has 0 unspecified atom stereocenters. The molecule has 3 heterocycles. The van der Waals surface area contributed by atoms with Gasteiger partial charge in [0.25, 0.3) is 5.91 Å². The molecule has 0 radical (unpaired) electrons. The van der Waals surface area contributed by atoms with E-state index in [4.69, 9.17) is 4.42 Å². The maximum Gasteiger partial charge on any atom is 0.287 e. The quantitative estimate of drug-likeness (QED) is 0.933. The van der Waals surface area contributed by atoms with Crippen LogP contribution in [0.4, 0.5) is 5.13 Å². The Bertz CT molecular complexity index is 516. The number of amides is 1. The average molecular weight is 277 g/mol. The number of aromatic nitrogens is 1. The van der Waals surface area contributed by atoms with Crippen molar-refractivity contribution in [3.05, 3.63) is 35.7 Å². The molecule has 1 aliphatic heterocycles. The van der Waals surface area contributed by atoms with E-state index in [0.29, 0.717) is 5.76 Å². The molecular formula is C13H15N3O2S. The molecule has 0 bridgehead atoms. The molecule has 0 aromatic carbocycles. The van der Waals surface area contributed by atoms with Gasteiger partial charge in [-0.2, -0.15) is 0 Å². The summed E-state index contributed by atoms with van der Waals surface area (Å²) in [5.74, 6) is 0.250. The molecular weight excluding hydrogens is 262 g/mol. The van der Waals surface area contributed by atoms with Gasteiger partial charge in [-0.1, -0.05) is 0 Å². The predicted octanol–water partition coefficient (Wildman–Crippen LogP) is 2.13. The molecule has 19 heavy (non-hydrogen) atoms. The van der Waals surface area contributed by atoms with Crippen molar-refractivity contribution in [3.8, 4) is 0 Å². The fraction of sp³-hybridized carbons (Fsp3) is 0.385. The van der Waals surface area contributed by atoms with Gasteiger partial charge in [0.15, 0.2) is 10.9 Å². The molecule has 1 amide bonds. The van der Waals surface area contributed by atoms with E-state index in [-0.39, 0.29) is 11.9 Å². The first-order valence-corrected chi connectivity index (χ1v) is 7.20. The molecule has 0 atom stereocenters. The highest BCUT2D eigenvalue weighted by molar-refractivity contribution is 7.13. The zero-order valence-electron chi connectivity index (χ0n) is 10.4. The lowest BCUT2D eigenvalue weighted by Crippen LogP contribution is -2.44. The van der Waals surface area contributed by atoms with Crippen LogP contribution in [0.2, 0.25) is 0 Å². The van der Waals surface area contributed by atoms with Crippen molar-refractivity contribution in [1.82, 2.24) is 10.3 Å². The second-order valence-electron chi connectivity index (χ2n) is 4.53. The highest BCUT2D eigenvalue weighted by Crippen LogP contribution is 2.22. The largest absolute Gasteiger partial charge is 0.459 e. The van der Waals surface area contributed by atoms with Crippen LogP contribution in [0.1, 0.15) is 23.4 Å². The molecule has 100 valence electrons. The minimum Gasteiger partial charge on any atom is -0.459 e. The van der Waals surface area contributed by atoms with Gasteiger partial charge in [0, 0.05) is 30.7 Å². The third-order valence-electron chi connectivity index (χ3n) is 3.26. The molecule has 1 aliphatic rings. The first-order valence-electron chi connectivity index (χ1n) is 6.32. The van der Waals surface area contributed by atoms with Gasteiger partial charge >= 0.3 is 0 Å². The molecule has 1 N–H and O–H groups in total. The Hall–Kier alpha value is -1.82. The summed E-state index contributed by atoms with van der Waals surface area (Å²) in [5.41, 5.74) is 0. The molecule has 2 aromatic heterocycles. The van der Waals surface area contributed by atoms with Crippen LogP contribution >= 0.6 is 11.3 Å². The topological polar surface area (TPSA) is 58.4 Å². The van der Waals surface area contributed by atoms with Gasteiger partial charge in [-0.25, -0.2) is 4.98 Å². The first-order chi connectivity index (χ1) is 9.33. The van der Waals surface area contributed by atoms with Crippen molar-refractivity contribution in [1.29, 1.82) is 0 Å². The molecule has 0 spiro atoms. The van der Waals surface area contributed by atoms with Gasteiger partial charge in [0.1, 0.15) is 0 Å². The van der Waals surface area contributed by atoms with Crippen LogP contribution in [0.15, 0.2) is 34.4 Å². The van der Waals surface area contributed by atoms with Crippen molar-refractivity contribution < 1.29 is 9.21 Å². The van der Waals surface area contributed by atoms with Crippen LogP contribution in [0.5, 0.6) is 0 Å². The van der Waals surface area contributed by atoms with Gasteiger partial charge in [0.2, 0.25) is 0 Å². The van der Waals surface area contributed by atoms with Crippen LogP contribution in [0.25, 0.3) is 0 Å². The van der Waals surface area contributed by atoms with Crippen LogP contribution in [0.3, 0.4) is 0 Å². The Balaban J connectivity index is 1.52. The molecule has 3 rings (SSSR count). The molecule has 0 aliphatic carbocycles. The van der Waals surface area contributed by atoms with Crippen LogP contribution in [-0.2, 0) is 0 Å². The number of furan rings is 1. The number of piperidine rings is 1. The highest BCUT2D eigenvalue weighted by atomic mass is 32.1. The smallest absolute Gasteiger partial charge is 0.287 e. The normalized spacial score (nSPS) is 16.5. The number of hydrogen-bond acceptors (Lipinski definition) is 5. The Morgan fingerprint density at radius 3 is 2.95 bits per heavy atom. The summed E-state index contributed by atoms with van der Waals surface area (Å²) < 4.78 is 5.09.